The first-order valence-corrected chi connectivity index (χ1v) is 6.14. The molecule has 0 saturated carbocycles. The first-order chi connectivity index (χ1) is 8.65. The standard InChI is InChI=1S/C14H20F2N2O/c1-8-5-12(16)10(6-11(8)15)9(2)18-7-14(3,4)13(17)19/h5-6,9,18H,7H2,1-4H3,(H2,17,19). The van der Waals surface area contributed by atoms with E-state index >= 15 is 0 Å². The third-order valence-corrected chi connectivity index (χ3v) is 3.26. The summed E-state index contributed by atoms with van der Waals surface area (Å²) in [5, 5.41) is 3.00. The van der Waals surface area contributed by atoms with Crippen molar-refractivity contribution in [3.8, 4) is 0 Å². The Morgan fingerprint density at radius 2 is 1.95 bits per heavy atom. The van der Waals surface area contributed by atoms with Crippen LogP contribution in [0.2, 0.25) is 0 Å². The lowest BCUT2D eigenvalue weighted by atomic mass is 9.92. The molecule has 0 aliphatic heterocycles. The number of nitrogens with two attached hydrogens (primary N) is 1. The van der Waals surface area contributed by atoms with Crippen LogP contribution in [0.4, 0.5) is 8.78 Å². The van der Waals surface area contributed by atoms with E-state index < -0.39 is 29.0 Å². The van der Waals surface area contributed by atoms with Gasteiger partial charge in [-0.15, -0.1) is 0 Å². The lowest BCUT2D eigenvalue weighted by Gasteiger charge is -2.24. The Bertz CT molecular complexity index is 487. The van der Waals surface area contributed by atoms with Crippen LogP contribution in [0.15, 0.2) is 12.1 Å². The number of hydrogen-bond acceptors (Lipinski definition) is 2. The summed E-state index contributed by atoms with van der Waals surface area (Å²) in [6.45, 7) is 6.90. The number of hydrogen-bond donors (Lipinski definition) is 2. The molecule has 1 rings (SSSR count). The zero-order valence-corrected chi connectivity index (χ0v) is 11.7. The van der Waals surface area contributed by atoms with Gasteiger partial charge in [0.2, 0.25) is 5.91 Å². The molecule has 3 nitrogen and oxygen atoms in total. The molecule has 1 atom stereocenters. The number of rotatable bonds is 5. The van der Waals surface area contributed by atoms with Gasteiger partial charge in [0.15, 0.2) is 0 Å². The fourth-order valence-corrected chi connectivity index (χ4v) is 1.60. The minimum Gasteiger partial charge on any atom is -0.369 e. The second kappa shape index (κ2) is 5.65. The molecule has 0 radical (unpaired) electrons. The Balaban J connectivity index is 2.82. The van der Waals surface area contributed by atoms with Gasteiger partial charge < -0.3 is 11.1 Å². The van der Waals surface area contributed by atoms with Gasteiger partial charge in [0, 0.05) is 18.2 Å². The molecule has 0 aliphatic rings. The number of primary amides is 1. The highest BCUT2D eigenvalue weighted by atomic mass is 19.1. The van der Waals surface area contributed by atoms with Crippen LogP contribution in [-0.4, -0.2) is 12.5 Å². The van der Waals surface area contributed by atoms with E-state index in [4.69, 9.17) is 5.73 Å². The van der Waals surface area contributed by atoms with E-state index in [0.29, 0.717) is 6.54 Å². The van der Waals surface area contributed by atoms with Gasteiger partial charge in [0.25, 0.3) is 0 Å². The first-order valence-electron chi connectivity index (χ1n) is 6.14. The molecule has 0 bridgehead atoms. The maximum atomic E-state index is 13.8. The summed E-state index contributed by atoms with van der Waals surface area (Å²) in [6, 6.07) is 1.94. The van der Waals surface area contributed by atoms with Gasteiger partial charge in [-0.1, -0.05) is 0 Å². The Morgan fingerprint density at radius 1 is 1.37 bits per heavy atom. The van der Waals surface area contributed by atoms with Crippen LogP contribution in [0.25, 0.3) is 0 Å². The second-order valence-electron chi connectivity index (χ2n) is 5.47. The molecule has 1 aromatic rings. The molecule has 1 amide bonds. The number of carbonyl (C=O) groups excluding carboxylic acids is 1. The van der Waals surface area contributed by atoms with Crippen molar-refractivity contribution in [2.75, 3.05) is 6.54 Å². The lowest BCUT2D eigenvalue weighted by molar-refractivity contribution is -0.125. The maximum absolute atomic E-state index is 13.8. The SMILES string of the molecule is Cc1cc(F)c(C(C)NCC(C)(C)C(N)=O)cc1F. The smallest absolute Gasteiger partial charge is 0.224 e. The van der Waals surface area contributed by atoms with Gasteiger partial charge in [0.05, 0.1) is 5.41 Å². The molecule has 0 spiro atoms. The molecule has 106 valence electrons. The van der Waals surface area contributed by atoms with E-state index in [-0.39, 0.29) is 11.1 Å². The Labute approximate surface area is 112 Å². The van der Waals surface area contributed by atoms with Crippen LogP contribution in [0.3, 0.4) is 0 Å². The van der Waals surface area contributed by atoms with E-state index in [2.05, 4.69) is 5.32 Å². The largest absolute Gasteiger partial charge is 0.369 e. The van der Waals surface area contributed by atoms with Crippen molar-refractivity contribution >= 4 is 5.91 Å². The third-order valence-electron chi connectivity index (χ3n) is 3.26. The molecule has 0 aromatic heterocycles. The zero-order valence-electron chi connectivity index (χ0n) is 11.7. The Hall–Kier alpha value is -1.49. The number of aryl methyl sites for hydroxylation is 1. The van der Waals surface area contributed by atoms with Crippen LogP contribution >= 0.6 is 0 Å². The van der Waals surface area contributed by atoms with Gasteiger partial charge in [0.1, 0.15) is 11.6 Å². The molecular formula is C14H20F2N2O. The summed E-state index contributed by atoms with van der Waals surface area (Å²) in [4.78, 5) is 11.2. The van der Waals surface area contributed by atoms with Crippen LogP contribution in [0.5, 0.6) is 0 Å². The van der Waals surface area contributed by atoms with Gasteiger partial charge in [-0.3, -0.25) is 4.79 Å². The van der Waals surface area contributed by atoms with E-state index in [1.165, 1.54) is 19.1 Å². The highest BCUT2D eigenvalue weighted by molar-refractivity contribution is 5.80. The summed E-state index contributed by atoms with van der Waals surface area (Å²) in [7, 11) is 0. The monoisotopic (exact) mass is 270 g/mol. The maximum Gasteiger partial charge on any atom is 0.224 e. The average Bonchev–Trinajstić information content (AvgIpc) is 2.30. The number of carbonyl (C=O) groups is 1. The van der Waals surface area contributed by atoms with E-state index in [9.17, 15) is 13.6 Å². The predicted molar refractivity (Wildman–Crippen MR) is 70.5 cm³/mol. The quantitative estimate of drug-likeness (QED) is 0.863. The van der Waals surface area contributed by atoms with Crippen molar-refractivity contribution in [2.24, 2.45) is 11.1 Å². The molecule has 0 aliphatic carbocycles. The van der Waals surface area contributed by atoms with Crippen LogP contribution in [-0.2, 0) is 4.79 Å². The van der Waals surface area contributed by atoms with E-state index in [1.807, 2.05) is 0 Å². The fraction of sp³-hybridized carbons (Fsp3) is 0.500. The van der Waals surface area contributed by atoms with Crippen LogP contribution in [0.1, 0.15) is 37.9 Å². The number of nitrogens with one attached hydrogen (secondary N) is 1. The molecule has 5 heteroatoms. The average molecular weight is 270 g/mol. The molecule has 19 heavy (non-hydrogen) atoms. The summed E-state index contributed by atoms with van der Waals surface area (Å²) in [5.74, 6) is -1.35. The Kier molecular flexibility index (Phi) is 4.63. The van der Waals surface area contributed by atoms with Gasteiger partial charge in [-0.05, 0) is 45.4 Å². The van der Waals surface area contributed by atoms with E-state index in [0.717, 1.165) is 0 Å². The summed E-state index contributed by atoms with van der Waals surface area (Å²) in [6.07, 6.45) is 0. The Morgan fingerprint density at radius 3 is 2.47 bits per heavy atom. The van der Waals surface area contributed by atoms with Crippen molar-refractivity contribution in [1.82, 2.24) is 5.32 Å². The highest BCUT2D eigenvalue weighted by Crippen LogP contribution is 2.22. The molecule has 0 fully saturated rings. The normalized spacial score (nSPS) is 13.4. The lowest BCUT2D eigenvalue weighted by Crippen LogP contribution is -2.41. The molecular weight excluding hydrogens is 250 g/mol. The number of amides is 1. The molecule has 1 unspecified atom stereocenters. The van der Waals surface area contributed by atoms with Gasteiger partial charge in [-0.25, -0.2) is 8.78 Å². The minimum absolute atomic E-state index is 0.239. The summed E-state index contributed by atoms with van der Waals surface area (Å²) < 4.78 is 27.2. The molecule has 1 aromatic carbocycles. The van der Waals surface area contributed by atoms with Gasteiger partial charge >= 0.3 is 0 Å². The zero-order chi connectivity index (χ0) is 14.8. The number of halogens is 2. The minimum atomic E-state index is -0.742. The van der Waals surface area contributed by atoms with Crippen LogP contribution < -0.4 is 11.1 Å². The van der Waals surface area contributed by atoms with Crippen molar-refractivity contribution < 1.29 is 13.6 Å². The molecule has 3 N–H and O–H groups in total. The molecule has 0 heterocycles. The first kappa shape index (κ1) is 15.6. The number of benzene rings is 1. The van der Waals surface area contributed by atoms with Gasteiger partial charge in [-0.2, -0.15) is 0 Å². The fourth-order valence-electron chi connectivity index (χ4n) is 1.60. The van der Waals surface area contributed by atoms with Crippen molar-refractivity contribution in [1.29, 1.82) is 0 Å². The van der Waals surface area contributed by atoms with Crippen LogP contribution in [0, 0.1) is 24.0 Å². The predicted octanol–water partition coefficient (Wildman–Crippen LogP) is 2.44. The third kappa shape index (κ3) is 3.73. The topological polar surface area (TPSA) is 55.1 Å². The summed E-state index contributed by atoms with van der Waals surface area (Å²) in [5.41, 5.74) is 5.02. The summed E-state index contributed by atoms with van der Waals surface area (Å²) >= 11 is 0. The van der Waals surface area contributed by atoms with Crippen molar-refractivity contribution in [2.45, 2.75) is 33.7 Å². The van der Waals surface area contributed by atoms with Crippen molar-refractivity contribution in [3.63, 3.8) is 0 Å². The van der Waals surface area contributed by atoms with E-state index in [1.54, 1.807) is 20.8 Å². The molecule has 0 saturated heterocycles. The second-order valence-corrected chi connectivity index (χ2v) is 5.47. The van der Waals surface area contributed by atoms with Crippen molar-refractivity contribution in [3.05, 3.63) is 34.9 Å². The highest BCUT2D eigenvalue weighted by Gasteiger charge is 2.25.